The lowest BCUT2D eigenvalue weighted by molar-refractivity contribution is -0.143. The lowest BCUT2D eigenvalue weighted by Crippen LogP contribution is -2.05. The van der Waals surface area contributed by atoms with E-state index in [0.717, 1.165) is 12.8 Å². The molecule has 0 saturated carbocycles. The van der Waals surface area contributed by atoms with Gasteiger partial charge in [0, 0.05) is 17.8 Å². The third-order valence-electron chi connectivity index (χ3n) is 3.12. The van der Waals surface area contributed by atoms with Gasteiger partial charge in [-0.25, -0.2) is 0 Å². The summed E-state index contributed by atoms with van der Waals surface area (Å²) in [6.45, 7) is 4.09. The molecule has 0 heterocycles. The first-order valence-corrected chi connectivity index (χ1v) is 7.28. The van der Waals surface area contributed by atoms with Crippen molar-refractivity contribution < 1.29 is 24.5 Å². The molecule has 2 N–H and O–H groups in total. The van der Waals surface area contributed by atoms with Crippen molar-refractivity contribution in [3.05, 3.63) is 11.6 Å². The first kappa shape index (κ1) is 17.8. The van der Waals surface area contributed by atoms with Crippen molar-refractivity contribution in [1.29, 1.82) is 0 Å². The average Bonchev–Trinajstić information content (AvgIpc) is 2.49. The number of phenolic OH excluding ortho intramolecular Hbond substituents is 2. The highest BCUT2D eigenvalue weighted by Gasteiger charge is 2.14. The minimum atomic E-state index is -0.266. The van der Waals surface area contributed by atoms with Crippen LogP contribution in [0.1, 0.15) is 38.2 Å². The Balaban J connectivity index is 2.59. The number of nitrogens with zero attached hydrogens (tertiary/aromatic N) is 1. The molecule has 0 atom stereocenters. The maximum Gasteiger partial charge on any atom is 0.306 e. The van der Waals surface area contributed by atoms with E-state index in [1.807, 2.05) is 6.92 Å². The summed E-state index contributed by atoms with van der Waals surface area (Å²) in [5, 5.41) is 19.8. The predicted octanol–water partition coefficient (Wildman–Crippen LogP) is 3.24. The molecule has 6 nitrogen and oxygen atoms in total. The average molecular weight is 309 g/mol. The molecule has 0 aliphatic heterocycles. The van der Waals surface area contributed by atoms with Gasteiger partial charge in [0.1, 0.15) is 11.4 Å². The van der Waals surface area contributed by atoms with Crippen LogP contribution < -0.4 is 4.74 Å². The van der Waals surface area contributed by atoms with Gasteiger partial charge in [-0.1, -0.05) is 13.3 Å². The number of hydrogen-bond acceptors (Lipinski definition) is 6. The molecule has 0 saturated heterocycles. The molecule has 0 aliphatic rings. The number of aromatic hydroxyl groups is 2. The number of benzene rings is 1. The minimum Gasteiger partial charge on any atom is -0.505 e. The second-order valence-electron chi connectivity index (χ2n) is 4.85. The molecule has 1 aromatic carbocycles. The number of esters is 1. The highest BCUT2D eigenvalue weighted by atomic mass is 16.5. The summed E-state index contributed by atoms with van der Waals surface area (Å²) in [5.41, 5.74) is 0.642. The maximum absolute atomic E-state index is 11.4. The summed E-state index contributed by atoms with van der Waals surface area (Å²) >= 11 is 0. The molecule has 0 spiro atoms. The molecule has 0 aromatic heterocycles. The maximum atomic E-state index is 11.4. The van der Waals surface area contributed by atoms with Gasteiger partial charge in [0.15, 0.2) is 11.5 Å². The number of carbonyl (C=O) groups excluding carboxylic acids is 1. The fourth-order valence-corrected chi connectivity index (χ4v) is 1.86. The zero-order valence-corrected chi connectivity index (χ0v) is 13.3. The van der Waals surface area contributed by atoms with Gasteiger partial charge in [-0.3, -0.25) is 9.79 Å². The Bertz CT molecular complexity index is 540. The number of hydrogen-bond donors (Lipinski definition) is 2. The first-order valence-electron chi connectivity index (χ1n) is 7.28. The number of aliphatic imine (C=N–C) groups is 1. The zero-order valence-electron chi connectivity index (χ0n) is 13.3. The summed E-state index contributed by atoms with van der Waals surface area (Å²) in [6.07, 6.45) is 3.99. The molecule has 1 rings (SSSR count). The highest BCUT2D eigenvalue weighted by Crippen LogP contribution is 2.42. The number of rotatable bonds is 8. The molecule has 1 aromatic rings. The molecule has 0 aliphatic carbocycles. The van der Waals surface area contributed by atoms with Crippen LogP contribution in [0.5, 0.6) is 17.2 Å². The summed E-state index contributed by atoms with van der Waals surface area (Å²) in [6, 6.07) is 1.32. The van der Waals surface area contributed by atoms with E-state index in [4.69, 9.17) is 9.47 Å². The first-order chi connectivity index (χ1) is 10.5. The Labute approximate surface area is 130 Å². The van der Waals surface area contributed by atoms with Crippen LogP contribution in [0.15, 0.2) is 11.1 Å². The van der Waals surface area contributed by atoms with Crippen LogP contribution in [0.4, 0.5) is 5.69 Å². The second-order valence-corrected chi connectivity index (χ2v) is 4.85. The van der Waals surface area contributed by atoms with E-state index in [0.29, 0.717) is 18.6 Å². The van der Waals surface area contributed by atoms with Crippen molar-refractivity contribution in [2.24, 2.45) is 4.99 Å². The highest BCUT2D eigenvalue weighted by molar-refractivity contribution is 5.76. The molecule has 22 heavy (non-hydrogen) atoms. The largest absolute Gasteiger partial charge is 0.505 e. The Morgan fingerprint density at radius 3 is 2.77 bits per heavy atom. The van der Waals surface area contributed by atoms with Crippen LogP contribution in [0.3, 0.4) is 0 Å². The SMILES string of the molecule is CCCCOC(=O)CCC=Nc1cc(O)c(OC)c(C)c1O. The number of unbranched alkanes of at least 4 members (excludes halogenated alkanes) is 1. The number of methoxy groups -OCH3 is 1. The Morgan fingerprint density at radius 2 is 2.14 bits per heavy atom. The van der Waals surface area contributed by atoms with Crippen molar-refractivity contribution in [3.8, 4) is 17.2 Å². The summed E-state index contributed by atoms with van der Waals surface area (Å²) < 4.78 is 10.0. The van der Waals surface area contributed by atoms with Crippen molar-refractivity contribution in [2.45, 2.75) is 39.5 Å². The van der Waals surface area contributed by atoms with Gasteiger partial charge in [0.05, 0.1) is 20.1 Å². The molecule has 122 valence electrons. The third-order valence-corrected chi connectivity index (χ3v) is 3.12. The van der Waals surface area contributed by atoms with E-state index in [1.165, 1.54) is 19.4 Å². The normalized spacial score (nSPS) is 10.9. The molecule has 0 bridgehead atoms. The fraction of sp³-hybridized carbons (Fsp3) is 0.500. The molecular formula is C16H23NO5. The number of phenols is 2. The van der Waals surface area contributed by atoms with Gasteiger partial charge >= 0.3 is 5.97 Å². The molecule has 0 amide bonds. The van der Waals surface area contributed by atoms with Crippen molar-refractivity contribution in [1.82, 2.24) is 0 Å². The van der Waals surface area contributed by atoms with Crippen LogP contribution in [-0.2, 0) is 9.53 Å². The van der Waals surface area contributed by atoms with Crippen LogP contribution in [0, 0.1) is 6.92 Å². The smallest absolute Gasteiger partial charge is 0.306 e. The molecular weight excluding hydrogens is 286 g/mol. The molecule has 0 radical (unpaired) electrons. The standard InChI is InChI=1S/C16H23NO5/c1-4-5-9-22-14(19)7-6-8-17-12-10-13(18)16(21-3)11(2)15(12)20/h8,10,18,20H,4-7,9H2,1-3H3. The van der Waals surface area contributed by atoms with E-state index in [1.54, 1.807) is 6.92 Å². The topological polar surface area (TPSA) is 88.4 Å². The third kappa shape index (κ3) is 4.95. The minimum absolute atomic E-state index is 0.0589. The van der Waals surface area contributed by atoms with Gasteiger partial charge in [-0.2, -0.15) is 0 Å². The van der Waals surface area contributed by atoms with E-state index in [9.17, 15) is 15.0 Å². The van der Waals surface area contributed by atoms with Gasteiger partial charge in [-0.15, -0.1) is 0 Å². The zero-order chi connectivity index (χ0) is 16.5. The monoisotopic (exact) mass is 309 g/mol. The Morgan fingerprint density at radius 1 is 1.41 bits per heavy atom. The molecule has 0 fully saturated rings. The van der Waals surface area contributed by atoms with Gasteiger partial charge < -0.3 is 19.7 Å². The molecule has 0 unspecified atom stereocenters. The predicted molar refractivity (Wildman–Crippen MR) is 84.3 cm³/mol. The van der Waals surface area contributed by atoms with E-state index in [-0.39, 0.29) is 35.3 Å². The van der Waals surface area contributed by atoms with Gasteiger partial charge in [0.25, 0.3) is 0 Å². The van der Waals surface area contributed by atoms with E-state index < -0.39 is 0 Å². The number of ether oxygens (including phenoxy) is 2. The van der Waals surface area contributed by atoms with Gasteiger partial charge in [-0.05, 0) is 19.8 Å². The van der Waals surface area contributed by atoms with Crippen LogP contribution in [0.2, 0.25) is 0 Å². The molecule has 6 heteroatoms. The Kier molecular flexibility index (Phi) is 7.22. The van der Waals surface area contributed by atoms with E-state index >= 15 is 0 Å². The fourth-order valence-electron chi connectivity index (χ4n) is 1.86. The van der Waals surface area contributed by atoms with Crippen molar-refractivity contribution in [2.75, 3.05) is 13.7 Å². The Hall–Kier alpha value is -2.24. The summed E-state index contributed by atoms with van der Waals surface area (Å²) in [4.78, 5) is 15.5. The van der Waals surface area contributed by atoms with Gasteiger partial charge in [0.2, 0.25) is 0 Å². The lowest BCUT2D eigenvalue weighted by Gasteiger charge is -2.10. The lowest BCUT2D eigenvalue weighted by atomic mass is 10.1. The van der Waals surface area contributed by atoms with Crippen molar-refractivity contribution >= 4 is 17.9 Å². The van der Waals surface area contributed by atoms with Crippen LogP contribution >= 0.6 is 0 Å². The number of carbonyl (C=O) groups is 1. The second kappa shape index (κ2) is 8.92. The summed E-state index contributed by atoms with van der Waals surface area (Å²) in [7, 11) is 1.41. The van der Waals surface area contributed by atoms with E-state index in [2.05, 4.69) is 4.99 Å². The summed E-state index contributed by atoms with van der Waals surface area (Å²) in [5.74, 6) is -0.200. The van der Waals surface area contributed by atoms with Crippen LogP contribution in [0.25, 0.3) is 0 Å². The van der Waals surface area contributed by atoms with Crippen LogP contribution in [-0.4, -0.2) is 36.1 Å². The van der Waals surface area contributed by atoms with Crippen molar-refractivity contribution in [3.63, 3.8) is 0 Å². The quantitative estimate of drug-likeness (QED) is 0.333.